The van der Waals surface area contributed by atoms with Crippen LogP contribution in [0.2, 0.25) is 0 Å². The van der Waals surface area contributed by atoms with Crippen LogP contribution in [0.1, 0.15) is 19.0 Å². The molecule has 0 N–H and O–H groups in total. The van der Waals surface area contributed by atoms with Crippen molar-refractivity contribution in [1.29, 1.82) is 0 Å². The molecule has 10 nitrogen and oxygen atoms in total. The van der Waals surface area contributed by atoms with Crippen LogP contribution >= 0.6 is 0 Å². The van der Waals surface area contributed by atoms with Gasteiger partial charge in [-0.3, -0.25) is 23.6 Å². The number of pyridine rings is 2. The summed E-state index contributed by atoms with van der Waals surface area (Å²) in [4.78, 5) is 36.8. The quantitative estimate of drug-likeness (QED) is 0.358. The molecule has 188 valence electrons. The zero-order chi connectivity index (χ0) is 25.7. The molecule has 5 aromatic rings. The molecule has 10 heteroatoms. The number of fused-ring (bicyclic) bond motifs is 3. The summed E-state index contributed by atoms with van der Waals surface area (Å²) in [6.07, 6.45) is 6.32. The number of hydrogen-bond donors (Lipinski definition) is 0. The lowest BCUT2D eigenvalue weighted by Gasteiger charge is -2.30. The summed E-state index contributed by atoms with van der Waals surface area (Å²) >= 11 is 0. The van der Waals surface area contributed by atoms with E-state index in [1.165, 1.54) is 0 Å². The summed E-state index contributed by atoms with van der Waals surface area (Å²) in [6, 6.07) is 9.79. The van der Waals surface area contributed by atoms with Gasteiger partial charge in [0.2, 0.25) is 11.8 Å². The summed E-state index contributed by atoms with van der Waals surface area (Å²) in [5.41, 5.74) is 5.23. The molecule has 0 aliphatic carbocycles. The Kier molecular flexibility index (Phi) is 5.51. The van der Waals surface area contributed by atoms with Crippen molar-refractivity contribution in [1.82, 2.24) is 33.8 Å². The maximum Gasteiger partial charge on any atom is 0.333 e. The zero-order valence-electron chi connectivity index (χ0n) is 21.0. The van der Waals surface area contributed by atoms with E-state index in [2.05, 4.69) is 15.1 Å². The molecule has 1 aliphatic rings. The molecule has 0 spiro atoms. The van der Waals surface area contributed by atoms with Gasteiger partial charge in [0.1, 0.15) is 6.54 Å². The maximum absolute atomic E-state index is 13.5. The minimum atomic E-state index is -0.200. The number of carbonyl (C=O) groups is 1. The SMILES string of the molecule is CCOc1ccc(-c2ccc3ncc4c(c3c2)n(-c2cn(CC(=O)N3CCC3)nc2C)c(=O)n4C)cn1. The molecule has 5 heterocycles. The van der Waals surface area contributed by atoms with E-state index in [0.29, 0.717) is 29.4 Å². The first-order valence-electron chi connectivity index (χ1n) is 12.4. The highest BCUT2D eigenvalue weighted by molar-refractivity contribution is 6.04. The molecule has 0 radical (unpaired) electrons. The highest BCUT2D eigenvalue weighted by Gasteiger charge is 2.23. The van der Waals surface area contributed by atoms with Crippen LogP contribution in [0.15, 0.2) is 53.7 Å². The number of rotatable bonds is 6. The molecule has 0 atom stereocenters. The molecular formula is C27H27N7O3. The van der Waals surface area contributed by atoms with Crippen molar-refractivity contribution in [2.75, 3.05) is 19.7 Å². The van der Waals surface area contributed by atoms with Gasteiger partial charge in [0.25, 0.3) is 0 Å². The minimum absolute atomic E-state index is 0.0359. The van der Waals surface area contributed by atoms with E-state index >= 15 is 0 Å². The number of aromatic nitrogens is 6. The number of ether oxygens (including phenoxy) is 1. The third-order valence-electron chi connectivity index (χ3n) is 6.91. The first-order chi connectivity index (χ1) is 17.9. The number of imidazole rings is 1. The van der Waals surface area contributed by atoms with Crippen LogP contribution in [0, 0.1) is 6.92 Å². The molecule has 1 aliphatic heterocycles. The van der Waals surface area contributed by atoms with Gasteiger partial charge in [0, 0.05) is 43.4 Å². The molecule has 1 amide bonds. The molecule has 0 unspecified atom stereocenters. The maximum atomic E-state index is 13.5. The first kappa shape index (κ1) is 23.0. The van der Waals surface area contributed by atoms with Crippen LogP contribution in [-0.4, -0.2) is 59.4 Å². The number of hydrogen-bond acceptors (Lipinski definition) is 6. The van der Waals surface area contributed by atoms with Crippen molar-refractivity contribution in [3.63, 3.8) is 0 Å². The predicted octanol–water partition coefficient (Wildman–Crippen LogP) is 3.08. The second-order valence-electron chi connectivity index (χ2n) is 9.25. The van der Waals surface area contributed by atoms with Gasteiger partial charge in [-0.2, -0.15) is 5.10 Å². The standard InChI is InChI=1S/C27H27N7O3/c1-4-37-24-9-7-19(13-29-24)18-6-8-21-20(12-18)26-22(14-28-21)31(3)27(36)34(26)23-15-33(30-17(23)2)16-25(35)32-10-5-11-32/h6-9,12-15H,4-5,10-11,16H2,1-3H3. The Bertz CT molecular complexity index is 1710. The van der Waals surface area contributed by atoms with Gasteiger partial charge in [0.05, 0.1) is 46.9 Å². The topological polar surface area (TPSA) is 100 Å². The second kappa shape index (κ2) is 8.88. The van der Waals surface area contributed by atoms with Crippen LogP contribution in [-0.2, 0) is 18.4 Å². The average molecular weight is 498 g/mol. The number of benzene rings is 1. The Balaban J connectivity index is 1.49. The number of amides is 1. The lowest BCUT2D eigenvalue weighted by atomic mass is 10.0. The number of carbonyl (C=O) groups excluding carboxylic acids is 1. The molecule has 0 saturated carbocycles. The summed E-state index contributed by atoms with van der Waals surface area (Å²) in [6.45, 7) is 6.06. The molecular weight excluding hydrogens is 470 g/mol. The zero-order valence-corrected chi connectivity index (χ0v) is 21.0. The molecule has 6 rings (SSSR count). The summed E-state index contributed by atoms with van der Waals surface area (Å²) in [5, 5.41) is 5.40. The fourth-order valence-electron chi connectivity index (χ4n) is 4.80. The predicted molar refractivity (Wildman–Crippen MR) is 140 cm³/mol. The molecule has 1 saturated heterocycles. The van der Waals surface area contributed by atoms with E-state index in [1.807, 2.05) is 49.1 Å². The first-order valence-corrected chi connectivity index (χ1v) is 12.4. The van der Waals surface area contributed by atoms with Gasteiger partial charge in [-0.05, 0) is 44.0 Å². The monoisotopic (exact) mass is 497 g/mol. The lowest BCUT2D eigenvalue weighted by molar-refractivity contribution is -0.135. The fraction of sp³-hybridized carbons (Fsp3) is 0.296. The van der Waals surface area contributed by atoms with Crippen molar-refractivity contribution in [3.8, 4) is 22.7 Å². The summed E-state index contributed by atoms with van der Waals surface area (Å²) < 4.78 is 10.4. The van der Waals surface area contributed by atoms with E-state index in [-0.39, 0.29) is 18.1 Å². The van der Waals surface area contributed by atoms with Gasteiger partial charge < -0.3 is 9.64 Å². The van der Waals surface area contributed by atoms with E-state index in [9.17, 15) is 9.59 Å². The Hall–Kier alpha value is -4.47. The Morgan fingerprint density at radius 2 is 1.89 bits per heavy atom. The van der Waals surface area contributed by atoms with E-state index in [0.717, 1.165) is 47.1 Å². The minimum Gasteiger partial charge on any atom is -0.478 e. The summed E-state index contributed by atoms with van der Waals surface area (Å²) in [5.74, 6) is 0.613. The van der Waals surface area contributed by atoms with E-state index < -0.39 is 0 Å². The van der Waals surface area contributed by atoms with Crippen LogP contribution in [0.25, 0.3) is 38.8 Å². The number of aryl methyl sites for hydroxylation is 2. The second-order valence-corrected chi connectivity index (χ2v) is 9.25. The molecule has 37 heavy (non-hydrogen) atoms. The smallest absolute Gasteiger partial charge is 0.333 e. The van der Waals surface area contributed by atoms with Gasteiger partial charge in [-0.15, -0.1) is 0 Å². The fourth-order valence-corrected chi connectivity index (χ4v) is 4.80. The van der Waals surface area contributed by atoms with E-state index in [4.69, 9.17) is 4.74 Å². The third kappa shape index (κ3) is 3.85. The Morgan fingerprint density at radius 1 is 1.08 bits per heavy atom. The van der Waals surface area contributed by atoms with Gasteiger partial charge in [-0.25, -0.2) is 9.78 Å². The van der Waals surface area contributed by atoms with Crippen LogP contribution in [0.3, 0.4) is 0 Å². The normalized spacial score (nSPS) is 13.3. The van der Waals surface area contributed by atoms with Crippen molar-refractivity contribution in [3.05, 3.63) is 65.1 Å². The molecule has 1 aromatic carbocycles. The molecule has 1 fully saturated rings. The Morgan fingerprint density at radius 3 is 2.59 bits per heavy atom. The van der Waals surface area contributed by atoms with Crippen molar-refractivity contribution >= 4 is 27.8 Å². The summed E-state index contributed by atoms with van der Waals surface area (Å²) in [7, 11) is 1.74. The highest BCUT2D eigenvalue weighted by Crippen LogP contribution is 2.30. The van der Waals surface area contributed by atoms with Crippen molar-refractivity contribution in [2.45, 2.75) is 26.8 Å². The van der Waals surface area contributed by atoms with Gasteiger partial charge in [0.15, 0.2) is 0 Å². The lowest BCUT2D eigenvalue weighted by Crippen LogP contribution is -2.43. The molecule has 0 bridgehead atoms. The highest BCUT2D eigenvalue weighted by atomic mass is 16.5. The van der Waals surface area contributed by atoms with E-state index in [1.54, 1.807) is 39.5 Å². The van der Waals surface area contributed by atoms with Crippen LogP contribution in [0.5, 0.6) is 5.88 Å². The van der Waals surface area contributed by atoms with Crippen LogP contribution < -0.4 is 10.4 Å². The van der Waals surface area contributed by atoms with Crippen molar-refractivity contribution in [2.24, 2.45) is 7.05 Å². The van der Waals surface area contributed by atoms with Gasteiger partial charge in [-0.1, -0.05) is 6.07 Å². The number of likely N-dealkylation sites (tertiary alicyclic amines) is 1. The third-order valence-corrected chi connectivity index (χ3v) is 6.91. The van der Waals surface area contributed by atoms with Gasteiger partial charge >= 0.3 is 5.69 Å². The van der Waals surface area contributed by atoms with Crippen molar-refractivity contribution < 1.29 is 9.53 Å². The number of nitrogens with zero attached hydrogens (tertiary/aromatic N) is 7. The Labute approximate surface area is 212 Å². The average Bonchev–Trinajstić information content (AvgIpc) is 3.34. The van der Waals surface area contributed by atoms with Crippen LogP contribution in [0.4, 0.5) is 0 Å². The largest absolute Gasteiger partial charge is 0.478 e. The molecule has 4 aromatic heterocycles.